The van der Waals surface area contributed by atoms with Crippen LogP contribution in [0.1, 0.15) is 17.7 Å². The number of amides is 1. The van der Waals surface area contributed by atoms with Crippen LogP contribution in [0.5, 0.6) is 0 Å². The van der Waals surface area contributed by atoms with Crippen LogP contribution < -0.4 is 5.32 Å². The minimum atomic E-state index is 0.00604. The molecule has 4 nitrogen and oxygen atoms in total. The molecule has 0 bridgehead atoms. The van der Waals surface area contributed by atoms with Gasteiger partial charge in [-0.15, -0.1) is 11.3 Å². The van der Waals surface area contributed by atoms with Gasteiger partial charge < -0.3 is 5.32 Å². The number of thiazole rings is 1. The Balaban J connectivity index is 1.56. The van der Waals surface area contributed by atoms with Crippen molar-refractivity contribution in [2.24, 2.45) is 0 Å². The molecule has 5 heteroatoms. The Bertz CT molecular complexity index is 799. The first kappa shape index (κ1) is 15.4. The molecule has 2 aromatic heterocycles. The van der Waals surface area contributed by atoms with Crippen molar-refractivity contribution in [1.82, 2.24) is 9.97 Å². The van der Waals surface area contributed by atoms with Crippen LogP contribution in [-0.2, 0) is 11.2 Å². The minimum Gasteiger partial charge on any atom is -0.326 e. The van der Waals surface area contributed by atoms with Crippen LogP contribution >= 0.6 is 11.3 Å². The quantitative estimate of drug-likeness (QED) is 0.769. The summed E-state index contributed by atoms with van der Waals surface area (Å²) in [5.74, 6) is 0.00604. The standard InChI is InChI=1S/C18H17N3OS/c1-13-4-2-6-15(10-13)20-17(22)8-7-16-12-23-18(21-16)14-5-3-9-19-11-14/h2-6,9-12H,7-8H2,1H3,(H,20,22). The number of nitrogens with one attached hydrogen (secondary N) is 1. The smallest absolute Gasteiger partial charge is 0.224 e. The summed E-state index contributed by atoms with van der Waals surface area (Å²) in [4.78, 5) is 20.7. The third kappa shape index (κ3) is 4.23. The number of hydrogen-bond donors (Lipinski definition) is 1. The zero-order chi connectivity index (χ0) is 16.1. The van der Waals surface area contributed by atoms with E-state index in [-0.39, 0.29) is 5.91 Å². The predicted octanol–water partition coefficient (Wildman–Crippen LogP) is 4.08. The number of anilines is 1. The van der Waals surface area contributed by atoms with E-state index < -0.39 is 0 Å². The van der Waals surface area contributed by atoms with Crippen molar-refractivity contribution in [3.8, 4) is 10.6 Å². The molecule has 1 N–H and O–H groups in total. The summed E-state index contributed by atoms with van der Waals surface area (Å²) in [6.07, 6.45) is 4.60. The summed E-state index contributed by atoms with van der Waals surface area (Å²) in [7, 11) is 0. The van der Waals surface area contributed by atoms with Crippen molar-refractivity contribution in [3.05, 3.63) is 65.4 Å². The van der Waals surface area contributed by atoms with E-state index in [9.17, 15) is 4.79 Å². The van der Waals surface area contributed by atoms with Gasteiger partial charge in [0.25, 0.3) is 0 Å². The first-order chi connectivity index (χ1) is 11.2. The summed E-state index contributed by atoms with van der Waals surface area (Å²) >= 11 is 1.58. The number of nitrogens with zero attached hydrogens (tertiary/aromatic N) is 2. The van der Waals surface area contributed by atoms with Crippen molar-refractivity contribution in [3.63, 3.8) is 0 Å². The van der Waals surface area contributed by atoms with Crippen LogP contribution in [0.2, 0.25) is 0 Å². The van der Waals surface area contributed by atoms with Gasteiger partial charge in [-0.3, -0.25) is 9.78 Å². The van der Waals surface area contributed by atoms with Crippen LogP contribution in [0, 0.1) is 6.92 Å². The van der Waals surface area contributed by atoms with Gasteiger partial charge in [0.2, 0.25) is 5.91 Å². The minimum absolute atomic E-state index is 0.00604. The van der Waals surface area contributed by atoms with Crippen LogP contribution in [-0.4, -0.2) is 15.9 Å². The highest BCUT2D eigenvalue weighted by Crippen LogP contribution is 2.23. The lowest BCUT2D eigenvalue weighted by atomic mass is 10.2. The molecule has 116 valence electrons. The second-order valence-electron chi connectivity index (χ2n) is 5.30. The summed E-state index contributed by atoms with van der Waals surface area (Å²) in [6, 6.07) is 11.7. The summed E-state index contributed by atoms with van der Waals surface area (Å²) in [6.45, 7) is 2.00. The molecule has 23 heavy (non-hydrogen) atoms. The zero-order valence-corrected chi connectivity index (χ0v) is 13.6. The number of benzene rings is 1. The van der Waals surface area contributed by atoms with Crippen molar-refractivity contribution >= 4 is 22.9 Å². The molecule has 3 aromatic rings. The van der Waals surface area contributed by atoms with Crippen molar-refractivity contribution in [2.45, 2.75) is 19.8 Å². The highest BCUT2D eigenvalue weighted by atomic mass is 32.1. The molecule has 0 unspecified atom stereocenters. The van der Waals surface area contributed by atoms with Gasteiger partial charge in [-0.05, 0) is 43.2 Å². The van der Waals surface area contributed by atoms with Crippen LogP contribution in [0.3, 0.4) is 0 Å². The largest absolute Gasteiger partial charge is 0.326 e. The van der Waals surface area contributed by atoms with Gasteiger partial charge in [0.15, 0.2) is 0 Å². The molecular formula is C18H17N3OS. The van der Waals surface area contributed by atoms with Crippen LogP contribution in [0.25, 0.3) is 10.6 Å². The average molecular weight is 323 g/mol. The number of aromatic nitrogens is 2. The van der Waals surface area contributed by atoms with E-state index in [4.69, 9.17) is 0 Å². The molecule has 0 saturated heterocycles. The molecule has 1 aromatic carbocycles. The molecule has 0 spiro atoms. The Hall–Kier alpha value is -2.53. The SMILES string of the molecule is Cc1cccc(NC(=O)CCc2csc(-c3cccnc3)n2)c1. The maximum atomic E-state index is 12.0. The fraction of sp³-hybridized carbons (Fsp3) is 0.167. The predicted molar refractivity (Wildman–Crippen MR) is 93.5 cm³/mol. The molecule has 0 atom stereocenters. The molecule has 0 saturated carbocycles. The van der Waals surface area contributed by atoms with Gasteiger partial charge in [-0.1, -0.05) is 12.1 Å². The number of carbonyl (C=O) groups excluding carboxylic acids is 1. The van der Waals surface area contributed by atoms with Gasteiger partial charge in [0.1, 0.15) is 5.01 Å². The van der Waals surface area contributed by atoms with Crippen molar-refractivity contribution < 1.29 is 4.79 Å². The van der Waals surface area contributed by atoms with E-state index in [2.05, 4.69) is 15.3 Å². The Labute approximate surface area is 139 Å². The Morgan fingerprint density at radius 2 is 2.17 bits per heavy atom. The highest BCUT2D eigenvalue weighted by Gasteiger charge is 2.08. The summed E-state index contributed by atoms with van der Waals surface area (Å²) in [5, 5.41) is 5.86. The summed E-state index contributed by atoms with van der Waals surface area (Å²) in [5.41, 5.74) is 3.91. The Kier molecular flexibility index (Phi) is 4.78. The first-order valence-electron chi connectivity index (χ1n) is 7.42. The summed E-state index contributed by atoms with van der Waals surface area (Å²) < 4.78 is 0. The molecule has 3 rings (SSSR count). The number of carbonyl (C=O) groups is 1. The third-order valence-electron chi connectivity index (χ3n) is 3.37. The van der Waals surface area contributed by atoms with Gasteiger partial charge in [-0.2, -0.15) is 0 Å². The maximum Gasteiger partial charge on any atom is 0.224 e. The van der Waals surface area contributed by atoms with Crippen LogP contribution in [0.4, 0.5) is 5.69 Å². The van der Waals surface area contributed by atoms with Gasteiger partial charge in [0, 0.05) is 35.4 Å². The molecule has 0 aliphatic heterocycles. The van der Waals surface area contributed by atoms with E-state index in [1.54, 1.807) is 23.7 Å². The van der Waals surface area contributed by atoms with Gasteiger partial charge >= 0.3 is 0 Å². The number of hydrogen-bond acceptors (Lipinski definition) is 4. The van der Waals surface area contributed by atoms with E-state index in [1.807, 2.05) is 48.7 Å². The molecule has 0 radical (unpaired) electrons. The second kappa shape index (κ2) is 7.15. The third-order valence-corrected chi connectivity index (χ3v) is 4.31. The maximum absolute atomic E-state index is 12.0. The second-order valence-corrected chi connectivity index (χ2v) is 6.16. The monoisotopic (exact) mass is 323 g/mol. The fourth-order valence-electron chi connectivity index (χ4n) is 2.23. The topological polar surface area (TPSA) is 54.9 Å². The van der Waals surface area contributed by atoms with E-state index >= 15 is 0 Å². The fourth-order valence-corrected chi connectivity index (χ4v) is 3.08. The van der Waals surface area contributed by atoms with Crippen molar-refractivity contribution in [1.29, 1.82) is 0 Å². The zero-order valence-electron chi connectivity index (χ0n) is 12.8. The van der Waals surface area contributed by atoms with Crippen LogP contribution in [0.15, 0.2) is 54.2 Å². The number of aryl methyl sites for hydroxylation is 2. The van der Waals surface area contributed by atoms with E-state index in [0.29, 0.717) is 12.8 Å². The Morgan fingerprint density at radius 1 is 1.26 bits per heavy atom. The number of pyridine rings is 1. The molecule has 0 aliphatic carbocycles. The average Bonchev–Trinajstić information content (AvgIpc) is 3.03. The molecule has 1 amide bonds. The lowest BCUT2D eigenvalue weighted by molar-refractivity contribution is -0.116. The first-order valence-corrected chi connectivity index (χ1v) is 8.30. The number of rotatable bonds is 5. The van der Waals surface area contributed by atoms with E-state index in [0.717, 1.165) is 27.5 Å². The molecule has 0 aliphatic rings. The lowest BCUT2D eigenvalue weighted by Gasteiger charge is -2.05. The van der Waals surface area contributed by atoms with Gasteiger partial charge in [-0.25, -0.2) is 4.98 Å². The Morgan fingerprint density at radius 3 is 2.96 bits per heavy atom. The molecular weight excluding hydrogens is 306 g/mol. The molecule has 0 fully saturated rings. The normalized spacial score (nSPS) is 10.5. The lowest BCUT2D eigenvalue weighted by Crippen LogP contribution is -2.12. The van der Waals surface area contributed by atoms with E-state index in [1.165, 1.54) is 0 Å². The molecule has 2 heterocycles. The highest BCUT2D eigenvalue weighted by molar-refractivity contribution is 7.13. The van der Waals surface area contributed by atoms with Gasteiger partial charge in [0.05, 0.1) is 5.69 Å². The van der Waals surface area contributed by atoms with Crippen molar-refractivity contribution in [2.75, 3.05) is 5.32 Å².